The molecule has 1 aromatic carbocycles. The number of benzene rings is 1. The molecule has 2 N–H and O–H groups in total. The molecule has 0 radical (unpaired) electrons. The van der Waals surface area contributed by atoms with Crippen LogP contribution in [-0.4, -0.2) is 9.78 Å². The molecule has 2 rings (SSSR count). The smallest absolute Gasteiger partial charge is 0.324 e. The standard InChI is InChI=1S/C13H14F3N3/c1-2-11(17)9-3-5-10(6-4-9)19-8-7-12(18-19)13(14,15)16/h3-8,11H,2,17H2,1H3/t11-/m1/s1. The predicted octanol–water partition coefficient (Wildman–Crippen LogP) is 3.30. The Hall–Kier alpha value is -1.82. The molecule has 1 heterocycles. The van der Waals surface area contributed by atoms with Crippen molar-refractivity contribution in [3.8, 4) is 5.69 Å². The van der Waals surface area contributed by atoms with Crippen molar-refractivity contribution in [2.45, 2.75) is 25.6 Å². The lowest BCUT2D eigenvalue weighted by Gasteiger charge is -2.10. The van der Waals surface area contributed by atoms with Gasteiger partial charge in [-0.25, -0.2) is 4.68 Å². The molecule has 1 atom stereocenters. The molecule has 102 valence electrons. The van der Waals surface area contributed by atoms with Gasteiger partial charge in [-0.15, -0.1) is 0 Å². The highest BCUT2D eigenvalue weighted by Crippen LogP contribution is 2.28. The molecule has 0 fully saturated rings. The Bertz CT molecular complexity index is 543. The number of hydrogen-bond donors (Lipinski definition) is 1. The van der Waals surface area contributed by atoms with E-state index in [2.05, 4.69) is 5.10 Å². The summed E-state index contributed by atoms with van der Waals surface area (Å²) < 4.78 is 38.5. The van der Waals surface area contributed by atoms with Gasteiger partial charge < -0.3 is 5.73 Å². The van der Waals surface area contributed by atoms with Gasteiger partial charge in [0.05, 0.1) is 5.69 Å². The SMILES string of the molecule is CC[C@@H](N)c1ccc(-n2ccc(C(F)(F)F)n2)cc1. The van der Waals surface area contributed by atoms with E-state index in [0.717, 1.165) is 18.1 Å². The fraction of sp³-hybridized carbons (Fsp3) is 0.308. The second-order valence-electron chi connectivity index (χ2n) is 4.25. The molecular weight excluding hydrogens is 255 g/mol. The topological polar surface area (TPSA) is 43.8 Å². The lowest BCUT2D eigenvalue weighted by molar-refractivity contribution is -0.141. The van der Waals surface area contributed by atoms with Crippen molar-refractivity contribution in [2.75, 3.05) is 0 Å². The first-order valence-electron chi connectivity index (χ1n) is 5.90. The third kappa shape index (κ3) is 2.96. The Labute approximate surface area is 108 Å². The minimum atomic E-state index is -4.42. The van der Waals surface area contributed by atoms with Gasteiger partial charge in [-0.2, -0.15) is 18.3 Å². The first kappa shape index (κ1) is 13.6. The predicted molar refractivity (Wildman–Crippen MR) is 65.8 cm³/mol. The van der Waals surface area contributed by atoms with E-state index in [9.17, 15) is 13.2 Å². The maximum absolute atomic E-state index is 12.4. The summed E-state index contributed by atoms with van der Waals surface area (Å²) in [6.07, 6.45) is -2.33. The third-order valence-corrected chi connectivity index (χ3v) is 2.91. The van der Waals surface area contributed by atoms with E-state index < -0.39 is 11.9 Å². The minimum Gasteiger partial charge on any atom is -0.324 e. The van der Waals surface area contributed by atoms with Crippen LogP contribution in [0.15, 0.2) is 36.5 Å². The summed E-state index contributed by atoms with van der Waals surface area (Å²) in [6, 6.07) is 7.91. The normalized spacial score (nSPS) is 13.5. The Balaban J connectivity index is 2.25. The molecule has 2 aromatic rings. The molecule has 0 amide bonds. The number of rotatable bonds is 3. The van der Waals surface area contributed by atoms with Crippen LogP contribution in [-0.2, 0) is 6.18 Å². The van der Waals surface area contributed by atoms with Crippen LogP contribution in [0, 0.1) is 0 Å². The fourth-order valence-electron chi connectivity index (χ4n) is 1.73. The quantitative estimate of drug-likeness (QED) is 0.929. The number of nitrogens with two attached hydrogens (primary N) is 1. The van der Waals surface area contributed by atoms with Crippen molar-refractivity contribution >= 4 is 0 Å². The summed E-state index contributed by atoms with van der Waals surface area (Å²) in [5, 5.41) is 3.51. The van der Waals surface area contributed by atoms with Crippen molar-refractivity contribution < 1.29 is 13.2 Å². The van der Waals surface area contributed by atoms with E-state index in [1.807, 2.05) is 6.92 Å². The lowest BCUT2D eigenvalue weighted by atomic mass is 10.1. The van der Waals surface area contributed by atoms with Crippen LogP contribution in [0.4, 0.5) is 13.2 Å². The van der Waals surface area contributed by atoms with Crippen molar-refractivity contribution in [3.05, 3.63) is 47.8 Å². The van der Waals surface area contributed by atoms with Crippen LogP contribution in [0.25, 0.3) is 5.69 Å². The highest BCUT2D eigenvalue weighted by Gasteiger charge is 2.33. The van der Waals surface area contributed by atoms with E-state index in [1.165, 1.54) is 10.9 Å². The van der Waals surface area contributed by atoms with Gasteiger partial charge in [-0.05, 0) is 30.2 Å². The summed E-state index contributed by atoms with van der Waals surface area (Å²) in [4.78, 5) is 0. The molecule has 3 nitrogen and oxygen atoms in total. The van der Waals surface area contributed by atoms with Gasteiger partial charge in [-0.1, -0.05) is 19.1 Å². The molecular formula is C13H14F3N3. The van der Waals surface area contributed by atoms with E-state index in [1.54, 1.807) is 24.3 Å². The third-order valence-electron chi connectivity index (χ3n) is 2.91. The highest BCUT2D eigenvalue weighted by molar-refractivity contribution is 5.35. The monoisotopic (exact) mass is 269 g/mol. The number of alkyl halides is 3. The average Bonchev–Trinajstić information content (AvgIpc) is 2.87. The van der Waals surface area contributed by atoms with Gasteiger partial charge in [0.15, 0.2) is 5.69 Å². The van der Waals surface area contributed by atoms with Crippen molar-refractivity contribution in [3.63, 3.8) is 0 Å². The molecule has 0 saturated carbocycles. The summed E-state index contributed by atoms with van der Waals surface area (Å²) in [5.74, 6) is 0. The molecule has 0 spiro atoms. The lowest BCUT2D eigenvalue weighted by Crippen LogP contribution is -2.09. The van der Waals surface area contributed by atoms with Crippen LogP contribution in [0.3, 0.4) is 0 Å². The van der Waals surface area contributed by atoms with Gasteiger partial charge in [0.1, 0.15) is 0 Å². The summed E-state index contributed by atoms with van der Waals surface area (Å²) >= 11 is 0. The van der Waals surface area contributed by atoms with E-state index in [-0.39, 0.29) is 6.04 Å². The molecule has 0 aliphatic rings. The number of nitrogens with zero attached hydrogens (tertiary/aromatic N) is 2. The molecule has 0 saturated heterocycles. The van der Waals surface area contributed by atoms with Gasteiger partial charge in [-0.3, -0.25) is 0 Å². The molecule has 19 heavy (non-hydrogen) atoms. The maximum Gasteiger partial charge on any atom is 0.435 e. The average molecular weight is 269 g/mol. The second kappa shape index (κ2) is 5.05. The maximum atomic E-state index is 12.4. The molecule has 0 aliphatic carbocycles. The number of halogens is 3. The summed E-state index contributed by atoms with van der Waals surface area (Å²) in [5.41, 5.74) is 6.50. The Kier molecular flexibility index (Phi) is 3.61. The molecule has 6 heteroatoms. The van der Waals surface area contributed by atoms with Gasteiger partial charge in [0, 0.05) is 12.2 Å². The molecule has 1 aromatic heterocycles. The van der Waals surface area contributed by atoms with Gasteiger partial charge >= 0.3 is 6.18 Å². The minimum absolute atomic E-state index is 0.0580. The van der Waals surface area contributed by atoms with Crippen LogP contribution >= 0.6 is 0 Å². The first-order chi connectivity index (χ1) is 8.91. The largest absolute Gasteiger partial charge is 0.435 e. The summed E-state index contributed by atoms with van der Waals surface area (Å²) in [7, 11) is 0. The second-order valence-corrected chi connectivity index (χ2v) is 4.25. The Morgan fingerprint density at radius 1 is 1.21 bits per heavy atom. The van der Waals surface area contributed by atoms with Gasteiger partial charge in [0.2, 0.25) is 0 Å². The zero-order chi connectivity index (χ0) is 14.0. The number of hydrogen-bond acceptors (Lipinski definition) is 2. The van der Waals surface area contributed by atoms with Crippen molar-refractivity contribution in [2.24, 2.45) is 5.73 Å². The zero-order valence-corrected chi connectivity index (χ0v) is 10.4. The Morgan fingerprint density at radius 2 is 1.84 bits per heavy atom. The zero-order valence-electron chi connectivity index (χ0n) is 10.4. The molecule has 0 aliphatic heterocycles. The highest BCUT2D eigenvalue weighted by atomic mass is 19.4. The van der Waals surface area contributed by atoms with E-state index in [4.69, 9.17) is 5.73 Å². The molecule has 0 unspecified atom stereocenters. The van der Waals surface area contributed by atoms with Crippen molar-refractivity contribution in [1.29, 1.82) is 0 Å². The first-order valence-corrected chi connectivity index (χ1v) is 5.90. The van der Waals surface area contributed by atoms with Crippen LogP contribution < -0.4 is 5.73 Å². The molecule has 0 bridgehead atoms. The van der Waals surface area contributed by atoms with E-state index >= 15 is 0 Å². The van der Waals surface area contributed by atoms with Crippen molar-refractivity contribution in [1.82, 2.24) is 9.78 Å². The fourth-order valence-corrected chi connectivity index (χ4v) is 1.73. The Morgan fingerprint density at radius 3 is 2.32 bits per heavy atom. The number of aromatic nitrogens is 2. The van der Waals surface area contributed by atoms with Crippen LogP contribution in [0.5, 0.6) is 0 Å². The van der Waals surface area contributed by atoms with Gasteiger partial charge in [0.25, 0.3) is 0 Å². The van der Waals surface area contributed by atoms with Crippen LogP contribution in [0.1, 0.15) is 30.6 Å². The van der Waals surface area contributed by atoms with E-state index in [0.29, 0.717) is 5.69 Å². The van der Waals surface area contributed by atoms with Crippen LogP contribution in [0.2, 0.25) is 0 Å². The summed E-state index contributed by atoms with van der Waals surface area (Å²) in [6.45, 7) is 1.97.